The molecule has 1 N–H and O–H groups in total. The van der Waals surface area contributed by atoms with Gasteiger partial charge >= 0.3 is 0 Å². The third kappa shape index (κ3) is 3.76. The number of aromatic hydroxyl groups is 1. The molecule has 140 valence electrons. The Labute approximate surface area is 156 Å². The van der Waals surface area contributed by atoms with E-state index >= 15 is 0 Å². The van der Waals surface area contributed by atoms with Crippen LogP contribution in [0.15, 0.2) is 57.6 Å². The Bertz CT molecular complexity index is 1170. The molecule has 0 spiro atoms. The van der Waals surface area contributed by atoms with Crippen molar-refractivity contribution in [2.75, 3.05) is 7.11 Å². The first kappa shape index (κ1) is 18.8. The van der Waals surface area contributed by atoms with Crippen molar-refractivity contribution >= 4 is 32.3 Å². The highest BCUT2D eigenvalue weighted by atomic mass is 32.2. The number of benzene rings is 3. The molecule has 0 aliphatic carbocycles. The number of fused-ring (bicyclic) bond motifs is 1. The van der Waals surface area contributed by atoms with Crippen molar-refractivity contribution < 1.29 is 22.8 Å². The average Bonchev–Trinajstić information content (AvgIpc) is 2.60. The van der Waals surface area contributed by atoms with Crippen molar-refractivity contribution in [2.24, 2.45) is 10.2 Å². The summed E-state index contributed by atoms with van der Waals surface area (Å²) in [4.78, 5) is -0.373. The Morgan fingerprint density at radius 1 is 1.04 bits per heavy atom. The fourth-order valence-corrected chi connectivity index (χ4v) is 3.50. The Morgan fingerprint density at radius 3 is 2.44 bits per heavy atom. The molecular formula is C19H17N2O5S-. The van der Waals surface area contributed by atoms with Crippen LogP contribution in [0.3, 0.4) is 0 Å². The molecule has 3 rings (SSSR count). The molecule has 0 radical (unpaired) electrons. The normalized spacial score (nSPS) is 12.0. The predicted octanol–water partition coefficient (Wildman–Crippen LogP) is 4.49. The summed E-state index contributed by atoms with van der Waals surface area (Å²) in [6.07, 6.45) is 0. The maximum Gasteiger partial charge on any atom is 0.147 e. The summed E-state index contributed by atoms with van der Waals surface area (Å²) in [5.41, 5.74) is 1.83. The van der Waals surface area contributed by atoms with Gasteiger partial charge in [0.1, 0.15) is 33.0 Å². The van der Waals surface area contributed by atoms with E-state index in [1.165, 1.54) is 26.2 Å². The van der Waals surface area contributed by atoms with E-state index < -0.39 is 10.1 Å². The zero-order chi connectivity index (χ0) is 19.8. The predicted molar refractivity (Wildman–Crippen MR) is 100 cm³/mol. The SMILES string of the molecule is COc1cc(S(=O)(=O)[O-])c(C)cc1N=Nc1c(O)ccc2cc(C)ccc12. The molecule has 7 nitrogen and oxygen atoms in total. The van der Waals surface area contributed by atoms with E-state index in [2.05, 4.69) is 10.2 Å². The molecule has 0 bridgehead atoms. The zero-order valence-corrected chi connectivity index (χ0v) is 15.7. The van der Waals surface area contributed by atoms with E-state index in [-0.39, 0.29) is 33.3 Å². The molecule has 0 aliphatic rings. The van der Waals surface area contributed by atoms with Gasteiger partial charge in [0, 0.05) is 11.5 Å². The molecule has 0 unspecified atom stereocenters. The van der Waals surface area contributed by atoms with Crippen LogP contribution in [0.4, 0.5) is 11.4 Å². The maximum atomic E-state index is 11.3. The number of azo groups is 1. The second-order valence-corrected chi connectivity index (χ2v) is 7.45. The third-order valence-corrected chi connectivity index (χ3v) is 5.11. The second-order valence-electron chi connectivity index (χ2n) is 6.10. The van der Waals surface area contributed by atoms with E-state index in [0.717, 1.165) is 22.4 Å². The van der Waals surface area contributed by atoms with Gasteiger partial charge in [0.15, 0.2) is 0 Å². The van der Waals surface area contributed by atoms with Gasteiger partial charge in [-0.15, -0.1) is 10.2 Å². The van der Waals surface area contributed by atoms with Crippen LogP contribution in [0, 0.1) is 13.8 Å². The summed E-state index contributed by atoms with van der Waals surface area (Å²) >= 11 is 0. The van der Waals surface area contributed by atoms with Crippen LogP contribution < -0.4 is 4.74 Å². The first-order chi connectivity index (χ1) is 12.7. The summed E-state index contributed by atoms with van der Waals surface area (Å²) in [5.74, 6) is 0.0545. The van der Waals surface area contributed by atoms with Crippen LogP contribution in [0.2, 0.25) is 0 Å². The van der Waals surface area contributed by atoms with Gasteiger partial charge in [-0.2, -0.15) is 0 Å². The van der Waals surface area contributed by atoms with E-state index in [4.69, 9.17) is 4.74 Å². The van der Waals surface area contributed by atoms with Crippen LogP contribution >= 0.6 is 0 Å². The highest BCUT2D eigenvalue weighted by Gasteiger charge is 2.13. The molecule has 8 heteroatoms. The molecule has 27 heavy (non-hydrogen) atoms. The van der Waals surface area contributed by atoms with Crippen molar-refractivity contribution in [3.8, 4) is 11.5 Å². The Balaban J connectivity index is 2.13. The minimum Gasteiger partial charge on any atom is -0.744 e. The zero-order valence-electron chi connectivity index (χ0n) is 14.9. The summed E-state index contributed by atoms with van der Waals surface area (Å²) in [5, 5.41) is 20.1. The third-order valence-electron chi connectivity index (χ3n) is 4.13. The van der Waals surface area contributed by atoms with Crippen LogP contribution in [-0.2, 0) is 10.1 Å². The summed E-state index contributed by atoms with van der Waals surface area (Å²) in [6.45, 7) is 3.45. The second kappa shape index (κ2) is 6.98. The fourth-order valence-electron chi connectivity index (χ4n) is 2.80. The van der Waals surface area contributed by atoms with Gasteiger partial charge in [0.2, 0.25) is 0 Å². The summed E-state index contributed by atoms with van der Waals surface area (Å²) < 4.78 is 39.1. The van der Waals surface area contributed by atoms with E-state index in [0.29, 0.717) is 0 Å². The number of methoxy groups -OCH3 is 1. The Morgan fingerprint density at radius 2 is 1.78 bits per heavy atom. The molecule has 0 fully saturated rings. The van der Waals surface area contributed by atoms with Gasteiger partial charge in [-0.3, -0.25) is 0 Å². The number of aryl methyl sites for hydroxylation is 2. The van der Waals surface area contributed by atoms with Gasteiger partial charge in [0.05, 0.1) is 12.0 Å². The average molecular weight is 385 g/mol. The molecule has 0 amide bonds. The molecule has 0 heterocycles. The lowest BCUT2D eigenvalue weighted by Crippen LogP contribution is -2.02. The van der Waals surface area contributed by atoms with Gasteiger partial charge in [-0.1, -0.05) is 29.8 Å². The van der Waals surface area contributed by atoms with Crippen LogP contribution in [0.5, 0.6) is 11.5 Å². The van der Waals surface area contributed by atoms with Gasteiger partial charge in [-0.25, -0.2) is 8.42 Å². The van der Waals surface area contributed by atoms with Crippen molar-refractivity contribution in [1.82, 2.24) is 0 Å². The lowest BCUT2D eigenvalue weighted by atomic mass is 10.1. The number of hydrogen-bond donors (Lipinski definition) is 1. The molecule has 0 aromatic heterocycles. The largest absolute Gasteiger partial charge is 0.744 e. The lowest BCUT2D eigenvalue weighted by molar-refractivity contribution is 0.413. The lowest BCUT2D eigenvalue weighted by Gasteiger charge is -2.13. The minimum absolute atomic E-state index is 0.0375. The maximum absolute atomic E-state index is 11.3. The van der Waals surface area contributed by atoms with Gasteiger partial charge < -0.3 is 14.4 Å². The Hall–Kier alpha value is -2.97. The summed E-state index contributed by atoms with van der Waals surface area (Å²) in [7, 11) is -3.30. The minimum atomic E-state index is -4.63. The monoisotopic (exact) mass is 385 g/mol. The van der Waals surface area contributed by atoms with Crippen molar-refractivity contribution in [3.63, 3.8) is 0 Å². The molecule has 3 aromatic rings. The van der Waals surface area contributed by atoms with Crippen molar-refractivity contribution in [3.05, 3.63) is 53.6 Å². The van der Waals surface area contributed by atoms with Crippen LogP contribution in [0.1, 0.15) is 11.1 Å². The topological polar surface area (TPSA) is 111 Å². The number of hydrogen-bond acceptors (Lipinski definition) is 7. The molecule has 3 aromatic carbocycles. The number of nitrogens with zero attached hydrogens (tertiary/aromatic N) is 2. The molecular weight excluding hydrogens is 368 g/mol. The van der Waals surface area contributed by atoms with Gasteiger partial charge in [0.25, 0.3) is 0 Å². The van der Waals surface area contributed by atoms with Gasteiger partial charge in [-0.05, 0) is 36.9 Å². The number of phenols is 1. The van der Waals surface area contributed by atoms with Crippen LogP contribution in [-0.4, -0.2) is 25.2 Å². The molecule has 0 saturated carbocycles. The smallest absolute Gasteiger partial charge is 0.147 e. The van der Waals surface area contributed by atoms with Crippen molar-refractivity contribution in [2.45, 2.75) is 18.7 Å². The number of ether oxygens (including phenoxy) is 1. The van der Waals surface area contributed by atoms with E-state index in [9.17, 15) is 18.1 Å². The standard InChI is InChI=1S/C19H18N2O5S/c1-11-4-6-14-13(8-11)5-7-16(22)19(14)21-20-15-9-12(2)18(27(23,24)25)10-17(15)26-3/h4-10,22H,1-3H3,(H,23,24,25)/p-1. The first-order valence-electron chi connectivity index (χ1n) is 7.99. The molecule has 0 saturated heterocycles. The highest BCUT2D eigenvalue weighted by Crippen LogP contribution is 2.38. The van der Waals surface area contributed by atoms with Crippen molar-refractivity contribution in [1.29, 1.82) is 0 Å². The number of phenolic OH excluding ortho intramolecular Hbond substituents is 1. The fraction of sp³-hybridized carbons (Fsp3) is 0.158. The quantitative estimate of drug-likeness (QED) is 0.525. The highest BCUT2D eigenvalue weighted by molar-refractivity contribution is 7.85. The summed E-state index contributed by atoms with van der Waals surface area (Å²) in [6, 6.07) is 11.6. The van der Waals surface area contributed by atoms with E-state index in [1.54, 1.807) is 6.07 Å². The first-order valence-corrected chi connectivity index (χ1v) is 9.40. The molecule has 0 aliphatic heterocycles. The van der Waals surface area contributed by atoms with E-state index in [1.807, 2.05) is 25.1 Å². The number of rotatable bonds is 4. The molecule has 0 atom stereocenters. The van der Waals surface area contributed by atoms with Crippen LogP contribution in [0.25, 0.3) is 10.8 Å². The Kier molecular flexibility index (Phi) is 4.86.